The number of aryl methyl sites for hydroxylation is 1. The van der Waals surface area contributed by atoms with Crippen molar-refractivity contribution in [1.82, 2.24) is 9.97 Å². The normalized spacial score (nSPS) is 17.4. The van der Waals surface area contributed by atoms with Crippen molar-refractivity contribution in [3.05, 3.63) is 40.8 Å². The molecule has 23 heavy (non-hydrogen) atoms. The van der Waals surface area contributed by atoms with E-state index in [9.17, 15) is 0 Å². The standard InChI is InChI=1S/C17H20ClN3O2/c1-11-19-16(18)10-17(20-11)21-8-4-5-14(21)13-7-6-12(22-2)9-15(13)23-3/h6-7,9-10,14H,4-5,8H2,1-3H3/t14-/m1/s1. The Labute approximate surface area is 141 Å². The number of rotatable bonds is 4. The molecule has 1 fully saturated rings. The summed E-state index contributed by atoms with van der Waals surface area (Å²) in [5.41, 5.74) is 1.14. The molecule has 122 valence electrons. The van der Waals surface area contributed by atoms with Gasteiger partial charge < -0.3 is 14.4 Å². The minimum atomic E-state index is 0.209. The SMILES string of the molecule is COc1ccc([C@H]2CCCN2c2cc(Cl)nc(C)n2)c(OC)c1. The van der Waals surface area contributed by atoms with E-state index in [4.69, 9.17) is 21.1 Å². The zero-order chi connectivity index (χ0) is 16.4. The Morgan fingerprint density at radius 1 is 1.17 bits per heavy atom. The number of nitrogens with zero attached hydrogens (tertiary/aromatic N) is 3. The van der Waals surface area contributed by atoms with Gasteiger partial charge in [0, 0.05) is 24.2 Å². The average molecular weight is 334 g/mol. The van der Waals surface area contributed by atoms with E-state index in [2.05, 4.69) is 20.9 Å². The second kappa shape index (κ2) is 6.62. The van der Waals surface area contributed by atoms with Gasteiger partial charge in [-0.1, -0.05) is 11.6 Å². The minimum absolute atomic E-state index is 0.209. The molecular formula is C17H20ClN3O2. The van der Waals surface area contributed by atoms with Crippen LogP contribution in [0, 0.1) is 6.92 Å². The van der Waals surface area contributed by atoms with E-state index < -0.39 is 0 Å². The van der Waals surface area contributed by atoms with Crippen LogP contribution in [-0.4, -0.2) is 30.7 Å². The van der Waals surface area contributed by atoms with Gasteiger partial charge >= 0.3 is 0 Å². The van der Waals surface area contributed by atoms with Gasteiger partial charge in [0.15, 0.2) is 0 Å². The molecule has 0 radical (unpaired) electrons. The van der Waals surface area contributed by atoms with Crippen molar-refractivity contribution in [2.75, 3.05) is 25.7 Å². The maximum absolute atomic E-state index is 6.10. The van der Waals surface area contributed by atoms with E-state index in [1.165, 1.54) is 0 Å². The molecule has 0 unspecified atom stereocenters. The van der Waals surface area contributed by atoms with E-state index in [0.29, 0.717) is 11.0 Å². The highest BCUT2D eigenvalue weighted by atomic mass is 35.5. The third-order valence-corrected chi connectivity index (χ3v) is 4.33. The van der Waals surface area contributed by atoms with E-state index in [0.717, 1.165) is 42.3 Å². The number of halogens is 1. The number of aromatic nitrogens is 2. The summed E-state index contributed by atoms with van der Waals surface area (Å²) in [5.74, 6) is 3.16. The number of hydrogen-bond acceptors (Lipinski definition) is 5. The first-order valence-corrected chi connectivity index (χ1v) is 8.00. The highest BCUT2D eigenvalue weighted by Crippen LogP contribution is 2.40. The highest BCUT2D eigenvalue weighted by Gasteiger charge is 2.30. The molecule has 0 aliphatic carbocycles. The fraction of sp³-hybridized carbons (Fsp3) is 0.412. The molecule has 1 atom stereocenters. The largest absolute Gasteiger partial charge is 0.497 e. The van der Waals surface area contributed by atoms with Crippen LogP contribution in [0.4, 0.5) is 5.82 Å². The van der Waals surface area contributed by atoms with Crippen LogP contribution in [0.25, 0.3) is 0 Å². The van der Waals surface area contributed by atoms with Crippen molar-refractivity contribution in [3.63, 3.8) is 0 Å². The lowest BCUT2D eigenvalue weighted by molar-refractivity contribution is 0.388. The lowest BCUT2D eigenvalue weighted by Gasteiger charge is -2.27. The Balaban J connectivity index is 1.98. The molecule has 3 rings (SSSR count). The summed E-state index contributed by atoms with van der Waals surface area (Å²) >= 11 is 6.10. The average Bonchev–Trinajstić information content (AvgIpc) is 3.02. The first-order chi connectivity index (χ1) is 11.1. The maximum Gasteiger partial charge on any atom is 0.134 e. The van der Waals surface area contributed by atoms with E-state index in [1.807, 2.05) is 25.1 Å². The zero-order valence-electron chi connectivity index (χ0n) is 13.5. The molecule has 1 aromatic carbocycles. The van der Waals surface area contributed by atoms with Crippen LogP contribution in [0.1, 0.15) is 30.3 Å². The molecule has 0 N–H and O–H groups in total. The number of anilines is 1. The molecule has 2 aromatic rings. The van der Waals surface area contributed by atoms with Crippen LogP contribution in [-0.2, 0) is 0 Å². The van der Waals surface area contributed by atoms with Crippen LogP contribution < -0.4 is 14.4 Å². The van der Waals surface area contributed by atoms with Gasteiger partial charge in [0.05, 0.1) is 20.3 Å². The summed E-state index contributed by atoms with van der Waals surface area (Å²) in [6.07, 6.45) is 2.14. The molecule has 1 aliphatic heterocycles. The summed E-state index contributed by atoms with van der Waals surface area (Å²) in [5, 5.41) is 0.472. The predicted octanol–water partition coefficient (Wildman–Crippen LogP) is 3.80. The topological polar surface area (TPSA) is 47.5 Å². The number of benzene rings is 1. The van der Waals surface area contributed by atoms with Gasteiger partial charge in [0.2, 0.25) is 0 Å². The minimum Gasteiger partial charge on any atom is -0.497 e. The van der Waals surface area contributed by atoms with Gasteiger partial charge in [-0.3, -0.25) is 0 Å². The molecule has 0 spiro atoms. The second-order valence-electron chi connectivity index (χ2n) is 5.56. The Kier molecular flexibility index (Phi) is 4.57. The van der Waals surface area contributed by atoms with E-state index in [-0.39, 0.29) is 6.04 Å². The molecule has 0 amide bonds. The van der Waals surface area contributed by atoms with Gasteiger partial charge in [-0.2, -0.15) is 0 Å². The Morgan fingerprint density at radius 3 is 2.70 bits per heavy atom. The number of ether oxygens (including phenoxy) is 2. The highest BCUT2D eigenvalue weighted by molar-refractivity contribution is 6.29. The Hall–Kier alpha value is -2.01. The third-order valence-electron chi connectivity index (χ3n) is 4.14. The second-order valence-corrected chi connectivity index (χ2v) is 5.94. The molecule has 0 saturated carbocycles. The fourth-order valence-electron chi connectivity index (χ4n) is 3.12. The monoisotopic (exact) mass is 333 g/mol. The number of hydrogen-bond donors (Lipinski definition) is 0. The summed E-state index contributed by atoms with van der Waals surface area (Å²) in [6, 6.07) is 7.98. The van der Waals surface area contributed by atoms with Crippen LogP contribution in [0.2, 0.25) is 5.15 Å². The van der Waals surface area contributed by atoms with Crippen LogP contribution in [0.5, 0.6) is 11.5 Å². The molecule has 1 aromatic heterocycles. The Morgan fingerprint density at radius 2 is 2.00 bits per heavy atom. The molecule has 5 nitrogen and oxygen atoms in total. The van der Waals surface area contributed by atoms with Crippen LogP contribution >= 0.6 is 11.6 Å². The van der Waals surface area contributed by atoms with Gasteiger partial charge in [0.1, 0.15) is 28.3 Å². The lowest BCUT2D eigenvalue weighted by atomic mass is 10.0. The third kappa shape index (κ3) is 3.20. The first-order valence-electron chi connectivity index (χ1n) is 7.62. The van der Waals surface area contributed by atoms with Gasteiger partial charge in [-0.05, 0) is 31.9 Å². The van der Waals surface area contributed by atoms with Crippen LogP contribution in [0.3, 0.4) is 0 Å². The smallest absolute Gasteiger partial charge is 0.134 e. The van der Waals surface area contributed by atoms with Crippen molar-refractivity contribution in [2.45, 2.75) is 25.8 Å². The summed E-state index contributed by atoms with van der Waals surface area (Å²) < 4.78 is 10.9. The van der Waals surface area contributed by atoms with Gasteiger partial charge in [-0.15, -0.1) is 0 Å². The van der Waals surface area contributed by atoms with Crippen molar-refractivity contribution in [1.29, 1.82) is 0 Å². The van der Waals surface area contributed by atoms with E-state index in [1.54, 1.807) is 14.2 Å². The van der Waals surface area contributed by atoms with Gasteiger partial charge in [0.25, 0.3) is 0 Å². The van der Waals surface area contributed by atoms with Crippen molar-refractivity contribution < 1.29 is 9.47 Å². The summed E-state index contributed by atoms with van der Waals surface area (Å²) in [7, 11) is 3.34. The number of methoxy groups -OCH3 is 2. The lowest BCUT2D eigenvalue weighted by Crippen LogP contribution is -2.24. The maximum atomic E-state index is 6.10. The quantitative estimate of drug-likeness (QED) is 0.796. The van der Waals surface area contributed by atoms with Crippen molar-refractivity contribution in [3.8, 4) is 11.5 Å². The molecule has 0 bridgehead atoms. The summed E-state index contributed by atoms with van der Waals surface area (Å²) in [6.45, 7) is 2.79. The molecular weight excluding hydrogens is 314 g/mol. The Bertz CT molecular complexity index is 688. The van der Waals surface area contributed by atoms with Crippen LogP contribution in [0.15, 0.2) is 24.3 Å². The summed E-state index contributed by atoms with van der Waals surface area (Å²) in [4.78, 5) is 11.0. The molecule has 1 aliphatic rings. The molecule has 1 saturated heterocycles. The molecule has 2 heterocycles. The molecule has 6 heteroatoms. The predicted molar refractivity (Wildman–Crippen MR) is 90.6 cm³/mol. The fourth-order valence-corrected chi connectivity index (χ4v) is 3.34. The zero-order valence-corrected chi connectivity index (χ0v) is 14.3. The van der Waals surface area contributed by atoms with Crippen molar-refractivity contribution in [2.24, 2.45) is 0 Å². The first kappa shape index (κ1) is 15.9. The van der Waals surface area contributed by atoms with Gasteiger partial charge in [-0.25, -0.2) is 9.97 Å². The van der Waals surface area contributed by atoms with E-state index >= 15 is 0 Å². The van der Waals surface area contributed by atoms with Crippen molar-refractivity contribution >= 4 is 17.4 Å².